The smallest absolute Gasteiger partial charge is 0.292 e. The molecule has 0 unspecified atom stereocenters. The predicted molar refractivity (Wildman–Crippen MR) is 112 cm³/mol. The minimum atomic E-state index is -0.196. The van der Waals surface area contributed by atoms with E-state index >= 15 is 0 Å². The fourth-order valence-electron chi connectivity index (χ4n) is 3.71. The van der Waals surface area contributed by atoms with Gasteiger partial charge in [0.25, 0.3) is 5.56 Å². The Morgan fingerprint density at radius 3 is 2.71 bits per heavy atom. The molecule has 4 aromatic rings. The number of ether oxygens (including phenoxy) is 1. The van der Waals surface area contributed by atoms with Crippen molar-refractivity contribution in [1.29, 1.82) is 0 Å². The Labute approximate surface area is 166 Å². The second kappa shape index (κ2) is 7.00. The number of benzene rings is 2. The van der Waals surface area contributed by atoms with Gasteiger partial charge in [-0.25, -0.2) is 4.98 Å². The van der Waals surface area contributed by atoms with Crippen LogP contribution < -0.4 is 10.5 Å². The normalized spacial score (nSPS) is 14.8. The topological polar surface area (TPSA) is 60.3 Å². The van der Waals surface area contributed by atoms with Crippen LogP contribution in [0.1, 0.15) is 11.4 Å². The van der Waals surface area contributed by atoms with E-state index in [1.54, 1.807) is 0 Å². The highest BCUT2D eigenvalue weighted by atomic mass is 32.1. The summed E-state index contributed by atoms with van der Waals surface area (Å²) in [6, 6.07) is 14.7. The van der Waals surface area contributed by atoms with Crippen LogP contribution in [0.2, 0.25) is 0 Å². The van der Waals surface area contributed by atoms with Gasteiger partial charge in [-0.05, 0) is 23.3 Å². The molecule has 142 valence electrons. The molecule has 2 aromatic heterocycles. The lowest BCUT2D eigenvalue weighted by atomic mass is 10.0. The van der Waals surface area contributed by atoms with Gasteiger partial charge in [-0.3, -0.25) is 4.79 Å². The zero-order valence-electron chi connectivity index (χ0n) is 15.6. The van der Waals surface area contributed by atoms with E-state index < -0.39 is 0 Å². The summed E-state index contributed by atoms with van der Waals surface area (Å²) in [6.45, 7) is 5.47. The van der Waals surface area contributed by atoms with Crippen molar-refractivity contribution in [3.63, 3.8) is 0 Å². The van der Waals surface area contributed by atoms with Gasteiger partial charge in [-0.15, -0.1) is 0 Å². The SMILES string of the molecule is Cc1nc(=O)c2sc(N3CCOCC3)nc2n1Cc1cccc2ccccc12. The molecule has 0 spiro atoms. The number of fused-ring (bicyclic) bond motifs is 2. The van der Waals surface area contributed by atoms with E-state index in [4.69, 9.17) is 9.72 Å². The highest BCUT2D eigenvalue weighted by Gasteiger charge is 2.20. The Bertz CT molecular complexity index is 1220. The molecule has 1 saturated heterocycles. The number of nitrogens with zero attached hydrogens (tertiary/aromatic N) is 4. The van der Waals surface area contributed by atoms with Crippen LogP contribution in [0, 0.1) is 6.92 Å². The Morgan fingerprint density at radius 1 is 1.07 bits per heavy atom. The van der Waals surface area contributed by atoms with Crippen LogP contribution in [0.15, 0.2) is 47.3 Å². The number of hydrogen-bond acceptors (Lipinski definition) is 6. The van der Waals surface area contributed by atoms with Crippen molar-refractivity contribution < 1.29 is 4.74 Å². The maximum absolute atomic E-state index is 12.5. The molecule has 3 heterocycles. The molecule has 1 fully saturated rings. The van der Waals surface area contributed by atoms with Gasteiger partial charge in [0.2, 0.25) is 0 Å². The third-order valence-electron chi connectivity index (χ3n) is 5.19. The van der Waals surface area contributed by atoms with Crippen LogP contribution in [-0.4, -0.2) is 40.8 Å². The van der Waals surface area contributed by atoms with E-state index in [2.05, 4.69) is 50.8 Å². The number of rotatable bonds is 3. The first-order valence-electron chi connectivity index (χ1n) is 9.38. The zero-order chi connectivity index (χ0) is 19.1. The summed E-state index contributed by atoms with van der Waals surface area (Å²) in [6.07, 6.45) is 0. The molecular formula is C21H20N4O2S. The lowest BCUT2D eigenvalue weighted by Crippen LogP contribution is -2.36. The third-order valence-corrected chi connectivity index (χ3v) is 6.29. The molecule has 0 bridgehead atoms. The molecule has 0 radical (unpaired) electrons. The van der Waals surface area contributed by atoms with Gasteiger partial charge in [0.15, 0.2) is 10.8 Å². The van der Waals surface area contributed by atoms with Crippen LogP contribution in [0.5, 0.6) is 0 Å². The first-order valence-corrected chi connectivity index (χ1v) is 10.2. The summed E-state index contributed by atoms with van der Waals surface area (Å²) in [5.74, 6) is 0.685. The molecule has 28 heavy (non-hydrogen) atoms. The Kier molecular flexibility index (Phi) is 4.33. The monoisotopic (exact) mass is 392 g/mol. The van der Waals surface area contributed by atoms with E-state index in [-0.39, 0.29) is 5.56 Å². The van der Waals surface area contributed by atoms with Crippen molar-refractivity contribution in [3.05, 3.63) is 64.2 Å². The van der Waals surface area contributed by atoms with Gasteiger partial charge in [0.1, 0.15) is 10.5 Å². The Balaban J connectivity index is 1.64. The standard InChI is InChI=1S/C21H20N4O2S/c1-14-22-20(26)18-19(23-21(28-18)24-9-11-27-12-10-24)25(14)13-16-7-4-6-15-5-2-3-8-17(15)16/h2-8H,9-13H2,1H3. The van der Waals surface area contributed by atoms with E-state index in [1.165, 1.54) is 27.7 Å². The quantitative estimate of drug-likeness (QED) is 0.536. The molecule has 7 heteroatoms. The molecule has 5 rings (SSSR count). The van der Waals surface area contributed by atoms with Crippen molar-refractivity contribution in [1.82, 2.24) is 14.5 Å². The molecule has 1 aliphatic heterocycles. The van der Waals surface area contributed by atoms with Crippen molar-refractivity contribution in [2.75, 3.05) is 31.2 Å². The second-order valence-corrected chi connectivity index (χ2v) is 7.91. The van der Waals surface area contributed by atoms with Gasteiger partial charge in [-0.2, -0.15) is 4.98 Å². The van der Waals surface area contributed by atoms with Gasteiger partial charge < -0.3 is 14.2 Å². The number of morpholine rings is 1. The number of aryl methyl sites for hydroxylation is 1. The van der Waals surface area contributed by atoms with Crippen LogP contribution in [0.25, 0.3) is 21.1 Å². The number of aromatic nitrogens is 3. The molecule has 0 amide bonds. The molecule has 0 saturated carbocycles. The average Bonchev–Trinajstić information content (AvgIpc) is 3.18. The van der Waals surface area contributed by atoms with Crippen molar-refractivity contribution in [2.45, 2.75) is 13.5 Å². The summed E-state index contributed by atoms with van der Waals surface area (Å²) in [5.41, 5.74) is 1.71. The maximum atomic E-state index is 12.5. The van der Waals surface area contributed by atoms with Crippen LogP contribution in [0.3, 0.4) is 0 Å². The lowest BCUT2D eigenvalue weighted by molar-refractivity contribution is 0.122. The Morgan fingerprint density at radius 2 is 1.86 bits per heavy atom. The zero-order valence-corrected chi connectivity index (χ0v) is 16.4. The largest absolute Gasteiger partial charge is 0.378 e. The molecule has 1 aliphatic rings. The second-order valence-electron chi connectivity index (χ2n) is 6.94. The summed E-state index contributed by atoms with van der Waals surface area (Å²) < 4.78 is 8.11. The maximum Gasteiger partial charge on any atom is 0.292 e. The number of hydrogen-bond donors (Lipinski definition) is 0. The average molecular weight is 392 g/mol. The molecule has 0 N–H and O–H groups in total. The summed E-state index contributed by atoms with van der Waals surface area (Å²) in [5, 5.41) is 3.28. The Hall–Kier alpha value is -2.77. The minimum absolute atomic E-state index is 0.196. The summed E-state index contributed by atoms with van der Waals surface area (Å²) in [7, 11) is 0. The third kappa shape index (κ3) is 2.96. The van der Waals surface area contributed by atoms with Gasteiger partial charge in [0.05, 0.1) is 19.8 Å². The first kappa shape index (κ1) is 17.3. The highest BCUT2D eigenvalue weighted by molar-refractivity contribution is 7.22. The first-order chi connectivity index (χ1) is 13.7. The van der Waals surface area contributed by atoms with E-state index in [0.717, 1.165) is 23.9 Å². The van der Waals surface area contributed by atoms with Crippen molar-refractivity contribution in [2.24, 2.45) is 0 Å². The molecule has 2 aromatic carbocycles. The summed E-state index contributed by atoms with van der Waals surface area (Å²) in [4.78, 5) is 23.8. The van der Waals surface area contributed by atoms with Crippen molar-refractivity contribution in [3.8, 4) is 0 Å². The lowest BCUT2D eigenvalue weighted by Gasteiger charge is -2.25. The molecule has 6 nitrogen and oxygen atoms in total. The van der Waals surface area contributed by atoms with Crippen molar-refractivity contribution >= 4 is 37.6 Å². The van der Waals surface area contributed by atoms with Gasteiger partial charge in [0, 0.05) is 13.1 Å². The summed E-state index contributed by atoms with van der Waals surface area (Å²) >= 11 is 1.43. The van der Waals surface area contributed by atoms with Crippen LogP contribution in [0.4, 0.5) is 5.13 Å². The van der Waals surface area contributed by atoms with E-state index in [0.29, 0.717) is 30.3 Å². The molecule has 0 aliphatic carbocycles. The fourth-order valence-corrected chi connectivity index (χ4v) is 4.72. The predicted octanol–water partition coefficient (Wildman–Crippen LogP) is 3.20. The number of thiazole rings is 1. The minimum Gasteiger partial charge on any atom is -0.378 e. The highest BCUT2D eigenvalue weighted by Crippen LogP contribution is 2.28. The van der Waals surface area contributed by atoms with Crippen LogP contribution in [-0.2, 0) is 11.3 Å². The van der Waals surface area contributed by atoms with Gasteiger partial charge in [-0.1, -0.05) is 53.8 Å². The molecular weight excluding hydrogens is 372 g/mol. The van der Waals surface area contributed by atoms with E-state index in [1.807, 2.05) is 13.0 Å². The number of anilines is 1. The molecule has 0 atom stereocenters. The van der Waals surface area contributed by atoms with Gasteiger partial charge >= 0.3 is 0 Å². The van der Waals surface area contributed by atoms with E-state index in [9.17, 15) is 4.79 Å². The fraction of sp³-hybridized carbons (Fsp3) is 0.286. The van der Waals surface area contributed by atoms with Crippen LogP contribution >= 0.6 is 11.3 Å².